The molecule has 4 heterocycles. The van der Waals surface area contributed by atoms with Crippen LogP contribution in [0.3, 0.4) is 0 Å². The predicted octanol–water partition coefficient (Wildman–Crippen LogP) is 3.17. The van der Waals surface area contributed by atoms with Crippen molar-refractivity contribution < 1.29 is 9.47 Å². The van der Waals surface area contributed by atoms with Gasteiger partial charge in [-0.15, -0.1) is 5.10 Å². The minimum atomic E-state index is 0.290. The maximum Gasteiger partial charge on any atom is 0.257 e. The van der Waals surface area contributed by atoms with Crippen molar-refractivity contribution in [2.24, 2.45) is 5.92 Å². The molecule has 8 nitrogen and oxygen atoms in total. The van der Waals surface area contributed by atoms with Crippen molar-refractivity contribution in [2.45, 2.75) is 32.7 Å². The second kappa shape index (κ2) is 7.28. The SMILES string of the molecule is Cc1c2c(nn1[C@H]1CCOC[C@@H]1C)OCCCNc1nc(ncc1Cl)N2. The number of nitrogens with zero attached hydrogens (tertiary/aromatic N) is 4. The first-order chi connectivity index (χ1) is 12.6. The number of hydrogen-bond acceptors (Lipinski definition) is 7. The van der Waals surface area contributed by atoms with E-state index >= 15 is 0 Å². The zero-order valence-corrected chi connectivity index (χ0v) is 15.7. The Labute approximate surface area is 157 Å². The van der Waals surface area contributed by atoms with Gasteiger partial charge < -0.3 is 20.1 Å². The van der Waals surface area contributed by atoms with E-state index in [4.69, 9.17) is 26.2 Å². The Morgan fingerprint density at radius 3 is 3.08 bits per heavy atom. The molecule has 0 saturated carbocycles. The summed E-state index contributed by atoms with van der Waals surface area (Å²) in [4.78, 5) is 8.76. The molecule has 2 aromatic rings. The Morgan fingerprint density at radius 1 is 1.35 bits per heavy atom. The highest BCUT2D eigenvalue weighted by molar-refractivity contribution is 6.32. The molecule has 26 heavy (non-hydrogen) atoms. The number of nitrogens with one attached hydrogen (secondary N) is 2. The van der Waals surface area contributed by atoms with E-state index in [1.807, 2.05) is 6.92 Å². The van der Waals surface area contributed by atoms with Gasteiger partial charge in [-0.1, -0.05) is 18.5 Å². The Balaban J connectivity index is 1.72. The second-order valence-electron chi connectivity index (χ2n) is 6.76. The number of ether oxygens (including phenoxy) is 2. The molecule has 9 heteroatoms. The van der Waals surface area contributed by atoms with Crippen LogP contribution in [-0.2, 0) is 4.74 Å². The van der Waals surface area contributed by atoms with E-state index in [0.717, 1.165) is 37.4 Å². The highest BCUT2D eigenvalue weighted by atomic mass is 35.5. The highest BCUT2D eigenvalue weighted by Gasteiger charge is 2.29. The van der Waals surface area contributed by atoms with E-state index in [0.29, 0.717) is 41.7 Å². The van der Waals surface area contributed by atoms with Crippen LogP contribution in [0.2, 0.25) is 5.02 Å². The van der Waals surface area contributed by atoms with Crippen LogP contribution in [0.4, 0.5) is 17.5 Å². The summed E-state index contributed by atoms with van der Waals surface area (Å²) in [5.41, 5.74) is 1.81. The van der Waals surface area contributed by atoms with Gasteiger partial charge in [0.15, 0.2) is 5.82 Å². The molecule has 1 fully saturated rings. The first-order valence-electron chi connectivity index (χ1n) is 8.96. The summed E-state index contributed by atoms with van der Waals surface area (Å²) < 4.78 is 13.6. The van der Waals surface area contributed by atoms with Crippen molar-refractivity contribution >= 4 is 29.1 Å². The standard InChI is InChI=1S/C17H23ClN6O2/c1-10-9-25-7-4-13(10)24-11(2)14-16(23-24)26-6-3-5-19-15-12(18)8-20-17(21-14)22-15/h8,10,13H,3-7,9H2,1-2H3,(H2,19,20,21,22)/t10-,13-/m0/s1. The van der Waals surface area contributed by atoms with E-state index in [1.54, 1.807) is 6.20 Å². The molecular formula is C17H23ClN6O2. The van der Waals surface area contributed by atoms with Crippen LogP contribution in [0.1, 0.15) is 31.5 Å². The van der Waals surface area contributed by atoms with E-state index < -0.39 is 0 Å². The van der Waals surface area contributed by atoms with Gasteiger partial charge in [-0.2, -0.15) is 4.98 Å². The van der Waals surface area contributed by atoms with Crippen LogP contribution >= 0.6 is 11.6 Å². The predicted molar refractivity (Wildman–Crippen MR) is 99.5 cm³/mol. The third kappa shape index (κ3) is 3.31. The number of anilines is 3. The smallest absolute Gasteiger partial charge is 0.257 e. The maximum atomic E-state index is 6.17. The van der Waals surface area contributed by atoms with E-state index in [1.165, 1.54) is 0 Å². The fourth-order valence-corrected chi connectivity index (χ4v) is 3.56. The lowest BCUT2D eigenvalue weighted by molar-refractivity contribution is 0.0240. The molecule has 0 aliphatic carbocycles. The Bertz CT molecular complexity index is 796. The normalized spacial score (nSPS) is 23.0. The summed E-state index contributed by atoms with van der Waals surface area (Å²) in [6.07, 6.45) is 3.35. The fraction of sp³-hybridized carbons (Fsp3) is 0.588. The molecule has 2 atom stereocenters. The number of hydrogen-bond donors (Lipinski definition) is 2. The average molecular weight is 379 g/mol. The second-order valence-corrected chi connectivity index (χ2v) is 7.17. The topological polar surface area (TPSA) is 86.1 Å². The van der Waals surface area contributed by atoms with Crippen LogP contribution in [0, 0.1) is 12.8 Å². The Morgan fingerprint density at radius 2 is 2.23 bits per heavy atom. The molecule has 0 radical (unpaired) electrons. The number of rotatable bonds is 1. The van der Waals surface area contributed by atoms with Crippen LogP contribution < -0.4 is 15.4 Å². The summed E-state index contributed by atoms with van der Waals surface area (Å²) >= 11 is 6.17. The quantitative estimate of drug-likeness (QED) is 0.788. The summed E-state index contributed by atoms with van der Waals surface area (Å²) in [6.45, 7) is 7.00. The Kier molecular flexibility index (Phi) is 4.86. The summed E-state index contributed by atoms with van der Waals surface area (Å²) in [5, 5.41) is 11.7. The lowest BCUT2D eigenvalue weighted by Crippen LogP contribution is -2.29. The van der Waals surface area contributed by atoms with Gasteiger partial charge in [-0.25, -0.2) is 4.98 Å². The van der Waals surface area contributed by atoms with Gasteiger partial charge in [0, 0.05) is 19.1 Å². The first kappa shape index (κ1) is 17.4. The molecule has 4 rings (SSSR count). The van der Waals surface area contributed by atoms with Gasteiger partial charge in [-0.05, 0) is 19.8 Å². The number of fused-ring (bicyclic) bond motifs is 3. The molecule has 2 aromatic heterocycles. The van der Waals surface area contributed by atoms with Crippen LogP contribution in [0.25, 0.3) is 0 Å². The average Bonchev–Trinajstić information content (AvgIpc) is 2.92. The van der Waals surface area contributed by atoms with Crippen LogP contribution in [-0.4, -0.2) is 46.1 Å². The van der Waals surface area contributed by atoms with Gasteiger partial charge in [0.25, 0.3) is 5.88 Å². The van der Waals surface area contributed by atoms with Gasteiger partial charge >= 0.3 is 0 Å². The van der Waals surface area contributed by atoms with Crippen molar-refractivity contribution in [3.05, 3.63) is 16.9 Å². The third-order valence-electron chi connectivity index (χ3n) is 4.86. The minimum absolute atomic E-state index is 0.290. The molecule has 2 aliphatic heterocycles. The van der Waals surface area contributed by atoms with Gasteiger partial charge in [0.2, 0.25) is 5.95 Å². The van der Waals surface area contributed by atoms with E-state index in [-0.39, 0.29) is 6.04 Å². The molecular weight excluding hydrogens is 356 g/mol. The van der Waals surface area contributed by atoms with Crippen LogP contribution in [0.5, 0.6) is 5.88 Å². The number of halogens is 1. The summed E-state index contributed by atoms with van der Waals surface area (Å²) in [6, 6.07) is 0.290. The van der Waals surface area contributed by atoms with Crippen molar-refractivity contribution in [1.82, 2.24) is 19.7 Å². The Hall–Kier alpha value is -2.06. The van der Waals surface area contributed by atoms with Gasteiger partial charge in [0.1, 0.15) is 10.7 Å². The van der Waals surface area contributed by atoms with Gasteiger partial charge in [-0.3, -0.25) is 4.68 Å². The van der Waals surface area contributed by atoms with Gasteiger partial charge in [0.05, 0.1) is 31.1 Å². The van der Waals surface area contributed by atoms with Crippen molar-refractivity contribution in [1.29, 1.82) is 0 Å². The fourth-order valence-electron chi connectivity index (χ4n) is 3.40. The van der Waals surface area contributed by atoms with E-state index in [9.17, 15) is 0 Å². The van der Waals surface area contributed by atoms with Crippen LogP contribution in [0.15, 0.2) is 6.20 Å². The number of aromatic nitrogens is 4. The molecule has 1 saturated heterocycles. The van der Waals surface area contributed by atoms with Crippen molar-refractivity contribution in [3.8, 4) is 5.88 Å². The zero-order valence-electron chi connectivity index (χ0n) is 15.0. The molecule has 2 aliphatic rings. The summed E-state index contributed by atoms with van der Waals surface area (Å²) in [7, 11) is 0. The van der Waals surface area contributed by atoms with Crippen molar-refractivity contribution in [2.75, 3.05) is 37.0 Å². The monoisotopic (exact) mass is 378 g/mol. The zero-order chi connectivity index (χ0) is 18.1. The summed E-state index contributed by atoms with van der Waals surface area (Å²) in [5.74, 6) is 2.06. The minimum Gasteiger partial charge on any atom is -0.475 e. The van der Waals surface area contributed by atoms with Crippen molar-refractivity contribution in [3.63, 3.8) is 0 Å². The lowest BCUT2D eigenvalue weighted by atomic mass is 9.98. The molecule has 2 bridgehead atoms. The largest absolute Gasteiger partial charge is 0.475 e. The third-order valence-corrected chi connectivity index (χ3v) is 5.14. The first-order valence-corrected chi connectivity index (χ1v) is 9.34. The maximum absolute atomic E-state index is 6.17. The molecule has 0 aromatic carbocycles. The van der Waals surface area contributed by atoms with E-state index in [2.05, 4.69) is 32.2 Å². The molecule has 0 spiro atoms. The lowest BCUT2D eigenvalue weighted by Gasteiger charge is -2.29. The highest BCUT2D eigenvalue weighted by Crippen LogP contribution is 2.36. The molecule has 0 unspecified atom stereocenters. The molecule has 140 valence electrons. The molecule has 0 amide bonds. The molecule has 2 N–H and O–H groups in total.